The van der Waals surface area contributed by atoms with Gasteiger partial charge in [-0.15, -0.1) is 0 Å². The quantitative estimate of drug-likeness (QED) is 0.279. The zero-order valence-electron chi connectivity index (χ0n) is 15.9. The van der Waals surface area contributed by atoms with Crippen LogP contribution in [0.25, 0.3) is 0 Å². The highest BCUT2D eigenvalue weighted by Crippen LogP contribution is 2.15. The Morgan fingerprint density at radius 2 is 1.36 bits per heavy atom. The van der Waals surface area contributed by atoms with Crippen molar-refractivity contribution in [1.29, 1.82) is 0 Å². The van der Waals surface area contributed by atoms with Crippen molar-refractivity contribution in [2.45, 2.75) is 38.7 Å². The molecule has 1 unspecified atom stereocenters. The van der Waals surface area contributed by atoms with Crippen LogP contribution < -0.4 is 20.9 Å². The van der Waals surface area contributed by atoms with Gasteiger partial charge in [-0.1, -0.05) is 6.42 Å². The molecule has 0 spiro atoms. The van der Waals surface area contributed by atoms with Crippen LogP contribution in [0.5, 0.6) is 11.5 Å². The smallest absolute Gasteiger partial charge is 0.340 e. The van der Waals surface area contributed by atoms with Crippen LogP contribution in [0.2, 0.25) is 0 Å². The number of rotatable bonds is 10. The number of hydrogen-bond donors (Lipinski definition) is 2. The standard InChI is InChI=1S/C21H26N2O5/c1-15(21(25)28-19-12-8-17(23)9-13-19)26-14-4-2-3-5-20(24)27-18-10-6-16(22)7-11-18/h6-13,15H,2-5,14,22-23H2,1H3. The molecular weight excluding hydrogens is 360 g/mol. The summed E-state index contributed by atoms with van der Waals surface area (Å²) < 4.78 is 15.9. The van der Waals surface area contributed by atoms with E-state index in [2.05, 4.69) is 0 Å². The molecule has 0 radical (unpaired) electrons. The Morgan fingerprint density at radius 1 is 0.821 bits per heavy atom. The van der Waals surface area contributed by atoms with Gasteiger partial charge in [-0.05, 0) is 68.3 Å². The predicted octanol–water partition coefficient (Wildman–Crippen LogP) is 3.33. The molecule has 0 fully saturated rings. The first kappa shape index (κ1) is 21.2. The Hall–Kier alpha value is -3.06. The molecule has 0 saturated heterocycles. The number of ether oxygens (including phenoxy) is 3. The van der Waals surface area contributed by atoms with Gasteiger partial charge in [0.1, 0.15) is 11.5 Å². The monoisotopic (exact) mass is 386 g/mol. The van der Waals surface area contributed by atoms with Gasteiger partial charge in [-0.2, -0.15) is 0 Å². The number of esters is 2. The molecule has 0 aromatic heterocycles. The maximum atomic E-state index is 12.0. The molecule has 0 aliphatic carbocycles. The molecule has 0 aliphatic rings. The maximum Gasteiger partial charge on any atom is 0.340 e. The van der Waals surface area contributed by atoms with Crippen LogP contribution >= 0.6 is 0 Å². The average molecular weight is 386 g/mol. The minimum absolute atomic E-state index is 0.286. The van der Waals surface area contributed by atoms with Crippen LogP contribution in [0.4, 0.5) is 11.4 Å². The first-order valence-electron chi connectivity index (χ1n) is 9.19. The number of carbonyl (C=O) groups is 2. The highest BCUT2D eigenvalue weighted by atomic mass is 16.6. The van der Waals surface area contributed by atoms with Crippen molar-refractivity contribution in [3.63, 3.8) is 0 Å². The van der Waals surface area contributed by atoms with Crippen molar-refractivity contribution in [2.75, 3.05) is 18.1 Å². The van der Waals surface area contributed by atoms with E-state index in [1.54, 1.807) is 55.5 Å². The first-order valence-corrected chi connectivity index (χ1v) is 9.19. The molecule has 28 heavy (non-hydrogen) atoms. The summed E-state index contributed by atoms with van der Waals surface area (Å²) in [6.45, 7) is 2.05. The number of nitrogen functional groups attached to an aromatic ring is 2. The molecule has 0 bridgehead atoms. The first-order chi connectivity index (χ1) is 13.4. The van der Waals surface area contributed by atoms with Crippen molar-refractivity contribution in [1.82, 2.24) is 0 Å². The highest BCUT2D eigenvalue weighted by Gasteiger charge is 2.15. The molecular formula is C21H26N2O5. The minimum atomic E-state index is -0.673. The molecule has 7 heteroatoms. The van der Waals surface area contributed by atoms with E-state index in [9.17, 15) is 9.59 Å². The van der Waals surface area contributed by atoms with Gasteiger partial charge < -0.3 is 25.7 Å². The fourth-order valence-electron chi connectivity index (χ4n) is 2.33. The number of hydrogen-bond acceptors (Lipinski definition) is 7. The molecule has 1 atom stereocenters. The van der Waals surface area contributed by atoms with Crippen LogP contribution in [-0.2, 0) is 14.3 Å². The summed E-state index contributed by atoms with van der Waals surface area (Å²) in [5, 5.41) is 0. The van der Waals surface area contributed by atoms with Crippen molar-refractivity contribution in [3.8, 4) is 11.5 Å². The van der Waals surface area contributed by atoms with E-state index < -0.39 is 12.1 Å². The summed E-state index contributed by atoms with van der Waals surface area (Å²) >= 11 is 0. The van der Waals surface area contributed by atoms with Gasteiger partial charge in [0.25, 0.3) is 0 Å². The molecule has 0 aliphatic heterocycles. The molecule has 4 N–H and O–H groups in total. The average Bonchev–Trinajstić information content (AvgIpc) is 2.68. The van der Waals surface area contributed by atoms with Crippen LogP contribution in [-0.4, -0.2) is 24.6 Å². The van der Waals surface area contributed by atoms with Crippen LogP contribution in [0.3, 0.4) is 0 Å². The van der Waals surface area contributed by atoms with Crippen molar-refractivity contribution in [3.05, 3.63) is 48.5 Å². The molecule has 0 saturated carbocycles. The Kier molecular flexibility index (Phi) is 8.30. The van der Waals surface area contributed by atoms with E-state index in [4.69, 9.17) is 25.7 Å². The molecule has 2 rings (SSSR count). The Bertz CT molecular complexity index is 759. The zero-order valence-corrected chi connectivity index (χ0v) is 15.9. The summed E-state index contributed by atoms with van der Waals surface area (Å²) in [6.07, 6.45) is 1.85. The van der Waals surface area contributed by atoms with Crippen LogP contribution in [0.1, 0.15) is 32.6 Å². The summed E-state index contributed by atoms with van der Waals surface area (Å²) in [6, 6.07) is 13.3. The van der Waals surface area contributed by atoms with E-state index in [0.717, 1.165) is 12.8 Å². The number of benzene rings is 2. The third-order valence-corrected chi connectivity index (χ3v) is 3.94. The van der Waals surface area contributed by atoms with E-state index in [-0.39, 0.29) is 5.97 Å². The second-order valence-corrected chi connectivity index (χ2v) is 6.36. The third kappa shape index (κ3) is 7.67. The lowest BCUT2D eigenvalue weighted by molar-refractivity contribution is -0.146. The van der Waals surface area contributed by atoms with Gasteiger partial charge in [0, 0.05) is 24.4 Å². The summed E-state index contributed by atoms with van der Waals surface area (Å²) in [5.41, 5.74) is 12.4. The number of carbonyl (C=O) groups excluding carboxylic acids is 2. The van der Waals surface area contributed by atoms with Crippen molar-refractivity contribution < 1.29 is 23.8 Å². The lowest BCUT2D eigenvalue weighted by Gasteiger charge is -2.12. The van der Waals surface area contributed by atoms with Crippen molar-refractivity contribution in [2.24, 2.45) is 0 Å². The summed E-state index contributed by atoms with van der Waals surface area (Å²) in [5.74, 6) is 0.160. The van der Waals surface area contributed by atoms with Gasteiger partial charge in [0.05, 0.1) is 0 Å². The third-order valence-electron chi connectivity index (χ3n) is 3.94. The van der Waals surface area contributed by atoms with Crippen molar-refractivity contribution >= 4 is 23.3 Å². The Balaban J connectivity index is 1.55. The van der Waals surface area contributed by atoms with Gasteiger partial charge >= 0.3 is 11.9 Å². The number of nitrogens with two attached hydrogens (primary N) is 2. The van der Waals surface area contributed by atoms with E-state index in [1.165, 1.54) is 0 Å². The molecule has 0 amide bonds. The minimum Gasteiger partial charge on any atom is -0.427 e. The lowest BCUT2D eigenvalue weighted by atomic mass is 10.2. The van der Waals surface area contributed by atoms with Gasteiger partial charge in [-0.3, -0.25) is 4.79 Å². The Morgan fingerprint density at radius 3 is 1.93 bits per heavy atom. The second-order valence-electron chi connectivity index (χ2n) is 6.36. The topological polar surface area (TPSA) is 114 Å². The number of unbranched alkanes of at least 4 members (excludes halogenated alkanes) is 2. The molecule has 0 heterocycles. The highest BCUT2D eigenvalue weighted by molar-refractivity contribution is 5.76. The zero-order chi connectivity index (χ0) is 20.4. The normalized spacial score (nSPS) is 11.6. The number of anilines is 2. The summed E-state index contributed by atoms with van der Waals surface area (Å²) in [7, 11) is 0. The van der Waals surface area contributed by atoms with Gasteiger partial charge in [-0.25, -0.2) is 4.79 Å². The van der Waals surface area contributed by atoms with Crippen LogP contribution in [0.15, 0.2) is 48.5 Å². The largest absolute Gasteiger partial charge is 0.427 e. The second kappa shape index (κ2) is 10.9. The summed E-state index contributed by atoms with van der Waals surface area (Å²) in [4.78, 5) is 23.7. The molecule has 7 nitrogen and oxygen atoms in total. The SMILES string of the molecule is CC(OCCCCCC(=O)Oc1ccc(N)cc1)C(=O)Oc1ccc(N)cc1. The maximum absolute atomic E-state index is 12.0. The fraction of sp³-hybridized carbons (Fsp3) is 0.333. The van der Waals surface area contributed by atoms with Gasteiger partial charge in [0.2, 0.25) is 0 Å². The molecule has 2 aromatic carbocycles. The van der Waals surface area contributed by atoms with E-state index in [0.29, 0.717) is 42.3 Å². The lowest BCUT2D eigenvalue weighted by Crippen LogP contribution is -2.26. The molecule has 150 valence electrons. The molecule has 2 aromatic rings. The van der Waals surface area contributed by atoms with E-state index >= 15 is 0 Å². The van der Waals surface area contributed by atoms with E-state index in [1.807, 2.05) is 0 Å². The van der Waals surface area contributed by atoms with Crippen LogP contribution in [0, 0.1) is 0 Å². The fourth-order valence-corrected chi connectivity index (χ4v) is 2.33. The Labute approximate surface area is 164 Å². The van der Waals surface area contributed by atoms with Gasteiger partial charge in [0.15, 0.2) is 6.10 Å². The predicted molar refractivity (Wildman–Crippen MR) is 107 cm³/mol.